The summed E-state index contributed by atoms with van der Waals surface area (Å²) in [6, 6.07) is 8.08. The van der Waals surface area contributed by atoms with Gasteiger partial charge in [-0.05, 0) is 39.8 Å². The summed E-state index contributed by atoms with van der Waals surface area (Å²) in [6.07, 6.45) is 0. The van der Waals surface area contributed by atoms with Crippen LogP contribution in [0.5, 0.6) is 0 Å². The lowest BCUT2D eigenvalue weighted by atomic mass is 10.1. The highest BCUT2D eigenvalue weighted by molar-refractivity contribution is 8.01. The van der Waals surface area contributed by atoms with Crippen molar-refractivity contribution in [3.63, 3.8) is 0 Å². The van der Waals surface area contributed by atoms with Crippen LogP contribution >= 0.6 is 23.1 Å². The Kier molecular flexibility index (Phi) is 5.42. The molecule has 2 N–H and O–H groups in total. The quantitative estimate of drug-likeness (QED) is 0.817. The first-order valence-electron chi connectivity index (χ1n) is 6.93. The van der Waals surface area contributed by atoms with Gasteiger partial charge >= 0.3 is 0 Å². The minimum absolute atomic E-state index is 0.000689. The molecule has 0 aliphatic rings. The summed E-state index contributed by atoms with van der Waals surface area (Å²) in [5, 5.41) is 15.0. The van der Waals surface area contributed by atoms with Crippen molar-refractivity contribution in [2.24, 2.45) is 0 Å². The van der Waals surface area contributed by atoms with Gasteiger partial charge in [0.15, 0.2) is 4.34 Å². The zero-order valence-electron chi connectivity index (χ0n) is 13.1. The highest BCUT2D eigenvalue weighted by Gasteiger charge is 2.14. The van der Waals surface area contributed by atoms with E-state index in [-0.39, 0.29) is 11.4 Å². The molecule has 1 heterocycles. The largest absolute Gasteiger partial charge is 0.351 e. The topological polar surface area (TPSA) is 66.9 Å². The van der Waals surface area contributed by atoms with Crippen LogP contribution in [0.15, 0.2) is 28.6 Å². The molecule has 1 amide bonds. The average Bonchev–Trinajstić information content (AvgIpc) is 2.85. The van der Waals surface area contributed by atoms with Gasteiger partial charge in [0, 0.05) is 11.2 Å². The molecule has 0 aliphatic heterocycles. The van der Waals surface area contributed by atoms with E-state index < -0.39 is 0 Å². The third-order valence-corrected chi connectivity index (χ3v) is 4.52. The highest BCUT2D eigenvalue weighted by atomic mass is 32.2. The molecule has 22 heavy (non-hydrogen) atoms. The van der Waals surface area contributed by atoms with Crippen LogP contribution in [0, 0.1) is 6.92 Å². The van der Waals surface area contributed by atoms with Gasteiger partial charge in [-0.15, -0.1) is 10.2 Å². The maximum Gasteiger partial charge on any atom is 0.230 e. The Morgan fingerprint density at radius 3 is 2.55 bits per heavy atom. The normalized spacial score (nSPS) is 11.3. The first-order valence-corrected chi connectivity index (χ1v) is 8.73. The molecule has 0 saturated heterocycles. The van der Waals surface area contributed by atoms with E-state index in [1.165, 1.54) is 28.7 Å². The van der Waals surface area contributed by atoms with Gasteiger partial charge in [-0.3, -0.25) is 4.79 Å². The van der Waals surface area contributed by atoms with Crippen LogP contribution in [0.25, 0.3) is 0 Å². The first kappa shape index (κ1) is 16.8. The van der Waals surface area contributed by atoms with Gasteiger partial charge in [0.2, 0.25) is 11.0 Å². The number of carbonyl (C=O) groups is 1. The molecule has 7 heteroatoms. The third-order valence-electron chi connectivity index (χ3n) is 2.55. The molecule has 1 aromatic carbocycles. The summed E-state index contributed by atoms with van der Waals surface area (Å²) >= 11 is 2.84. The number of thioether (sulfide) groups is 1. The summed E-state index contributed by atoms with van der Waals surface area (Å²) in [5.41, 5.74) is 1.98. The molecule has 0 unspecified atom stereocenters. The van der Waals surface area contributed by atoms with Crippen molar-refractivity contribution in [1.82, 2.24) is 15.5 Å². The van der Waals surface area contributed by atoms with Crippen molar-refractivity contribution in [2.75, 3.05) is 11.1 Å². The highest BCUT2D eigenvalue weighted by Crippen LogP contribution is 2.27. The molecule has 2 rings (SSSR count). The number of amides is 1. The second kappa shape index (κ2) is 7.11. The van der Waals surface area contributed by atoms with Gasteiger partial charge in [0.05, 0.1) is 5.75 Å². The number of nitrogens with zero attached hydrogens (tertiary/aromatic N) is 2. The number of hydrogen-bond acceptors (Lipinski definition) is 6. The van der Waals surface area contributed by atoms with E-state index in [0.717, 1.165) is 15.2 Å². The van der Waals surface area contributed by atoms with Crippen LogP contribution in [0.2, 0.25) is 0 Å². The fraction of sp³-hybridized carbons (Fsp3) is 0.400. The Morgan fingerprint density at radius 1 is 1.23 bits per heavy atom. The Hall–Kier alpha value is -1.60. The molecule has 1 aromatic heterocycles. The lowest BCUT2D eigenvalue weighted by molar-refractivity contribution is -0.119. The summed E-state index contributed by atoms with van der Waals surface area (Å²) in [5.74, 6) is 0.344. The molecule has 0 fully saturated rings. The number of anilines is 2. The standard InChI is InChI=1S/C15H20N4OS2/c1-10-5-7-11(8-6-10)16-13-18-19-14(22-13)21-9-12(20)17-15(2,3)4/h5-8H,9H2,1-4H3,(H,16,18)(H,17,20). The molecular weight excluding hydrogens is 316 g/mol. The van der Waals surface area contributed by atoms with E-state index in [1.54, 1.807) is 0 Å². The Balaban J connectivity index is 1.86. The maximum absolute atomic E-state index is 11.8. The smallest absolute Gasteiger partial charge is 0.230 e. The maximum atomic E-state index is 11.8. The molecule has 5 nitrogen and oxygen atoms in total. The molecular formula is C15H20N4OS2. The van der Waals surface area contributed by atoms with E-state index in [1.807, 2.05) is 52.0 Å². The zero-order chi connectivity index (χ0) is 16.2. The van der Waals surface area contributed by atoms with Crippen molar-refractivity contribution in [1.29, 1.82) is 0 Å². The Morgan fingerprint density at radius 2 is 1.91 bits per heavy atom. The van der Waals surface area contributed by atoms with Crippen LogP contribution in [-0.2, 0) is 4.79 Å². The van der Waals surface area contributed by atoms with Gasteiger partial charge in [-0.2, -0.15) is 0 Å². The van der Waals surface area contributed by atoms with Crippen LogP contribution in [0.3, 0.4) is 0 Å². The number of carbonyl (C=O) groups excluding carboxylic acids is 1. The van der Waals surface area contributed by atoms with Crippen molar-refractivity contribution in [3.05, 3.63) is 29.8 Å². The van der Waals surface area contributed by atoms with E-state index in [4.69, 9.17) is 0 Å². The van der Waals surface area contributed by atoms with Crippen molar-refractivity contribution < 1.29 is 4.79 Å². The number of aryl methyl sites for hydroxylation is 1. The van der Waals surface area contributed by atoms with Crippen LogP contribution in [0.1, 0.15) is 26.3 Å². The number of rotatable bonds is 5. The predicted molar refractivity (Wildman–Crippen MR) is 93.0 cm³/mol. The summed E-state index contributed by atoms with van der Waals surface area (Å²) in [6.45, 7) is 7.93. The molecule has 0 radical (unpaired) electrons. The second-order valence-electron chi connectivity index (χ2n) is 5.95. The molecule has 0 bridgehead atoms. The Bertz CT molecular complexity index is 632. The van der Waals surface area contributed by atoms with Crippen molar-refractivity contribution >= 4 is 39.8 Å². The molecule has 2 aromatic rings. The summed E-state index contributed by atoms with van der Waals surface area (Å²) in [7, 11) is 0. The van der Waals surface area contributed by atoms with Crippen LogP contribution in [0.4, 0.5) is 10.8 Å². The van der Waals surface area contributed by atoms with Gasteiger partial charge < -0.3 is 10.6 Å². The summed E-state index contributed by atoms with van der Waals surface area (Å²) in [4.78, 5) is 11.8. The minimum Gasteiger partial charge on any atom is -0.351 e. The monoisotopic (exact) mass is 336 g/mol. The number of aromatic nitrogens is 2. The second-order valence-corrected chi connectivity index (χ2v) is 8.15. The van der Waals surface area contributed by atoms with Gasteiger partial charge in [0.1, 0.15) is 0 Å². The molecule has 0 saturated carbocycles. The SMILES string of the molecule is Cc1ccc(Nc2nnc(SCC(=O)NC(C)(C)C)s2)cc1. The first-order chi connectivity index (χ1) is 10.3. The van der Waals surface area contributed by atoms with Crippen molar-refractivity contribution in [3.8, 4) is 0 Å². The fourth-order valence-electron chi connectivity index (χ4n) is 1.66. The fourth-order valence-corrected chi connectivity index (χ4v) is 3.23. The number of nitrogens with one attached hydrogen (secondary N) is 2. The third kappa shape index (κ3) is 5.65. The van der Waals surface area contributed by atoms with E-state index >= 15 is 0 Å². The van der Waals surface area contributed by atoms with E-state index in [2.05, 4.69) is 20.8 Å². The van der Waals surface area contributed by atoms with E-state index in [9.17, 15) is 4.79 Å². The number of hydrogen-bond donors (Lipinski definition) is 2. The predicted octanol–water partition coefficient (Wildman–Crippen LogP) is 3.60. The minimum atomic E-state index is -0.211. The molecule has 0 aliphatic carbocycles. The van der Waals surface area contributed by atoms with Crippen LogP contribution < -0.4 is 10.6 Å². The molecule has 118 valence electrons. The van der Waals surface area contributed by atoms with Gasteiger partial charge in [0.25, 0.3) is 0 Å². The average molecular weight is 336 g/mol. The van der Waals surface area contributed by atoms with Crippen LogP contribution in [-0.4, -0.2) is 27.4 Å². The molecule has 0 spiro atoms. The van der Waals surface area contributed by atoms with Gasteiger partial charge in [-0.25, -0.2) is 0 Å². The Labute approximate surface area is 138 Å². The summed E-state index contributed by atoms with van der Waals surface area (Å²) < 4.78 is 0.777. The number of benzene rings is 1. The lowest BCUT2D eigenvalue weighted by Gasteiger charge is -2.19. The molecule has 0 atom stereocenters. The van der Waals surface area contributed by atoms with Gasteiger partial charge in [-0.1, -0.05) is 40.8 Å². The van der Waals surface area contributed by atoms with E-state index in [0.29, 0.717) is 5.75 Å². The zero-order valence-corrected chi connectivity index (χ0v) is 14.8. The van der Waals surface area contributed by atoms with Crippen molar-refractivity contribution in [2.45, 2.75) is 37.6 Å². The lowest BCUT2D eigenvalue weighted by Crippen LogP contribution is -2.41.